The van der Waals surface area contributed by atoms with Gasteiger partial charge in [0.15, 0.2) is 0 Å². The Morgan fingerprint density at radius 1 is 0.957 bits per heavy atom. The molecule has 3 atom stereocenters. The lowest BCUT2D eigenvalue weighted by Gasteiger charge is -2.40. The van der Waals surface area contributed by atoms with Gasteiger partial charge >= 0.3 is 0 Å². The van der Waals surface area contributed by atoms with Crippen molar-refractivity contribution in [2.24, 2.45) is 11.8 Å². The van der Waals surface area contributed by atoms with E-state index in [-0.39, 0.29) is 0 Å². The first-order valence-corrected chi connectivity index (χ1v) is 10.4. The fourth-order valence-electron chi connectivity index (χ4n) is 4.69. The molecule has 3 fully saturated rings. The zero-order chi connectivity index (χ0) is 16.0. The van der Waals surface area contributed by atoms with E-state index in [0.29, 0.717) is 29.0 Å². The van der Waals surface area contributed by atoms with E-state index in [1.54, 1.807) is 28.6 Å². The van der Waals surface area contributed by atoms with Gasteiger partial charge in [0.1, 0.15) is 0 Å². The molecule has 0 aromatic heterocycles. The van der Waals surface area contributed by atoms with Gasteiger partial charge in [0.2, 0.25) is 10.0 Å². The maximum Gasteiger partial charge on any atom is 0.243 e. The third kappa shape index (κ3) is 2.93. The molecule has 2 bridgehead atoms. The Morgan fingerprint density at radius 3 is 2.22 bits per heavy atom. The minimum atomic E-state index is -3.39. The monoisotopic (exact) mass is 354 g/mol. The maximum atomic E-state index is 12.7. The summed E-state index contributed by atoms with van der Waals surface area (Å²) in [6.45, 7) is 2.92. The van der Waals surface area contributed by atoms with E-state index in [9.17, 15) is 8.42 Å². The van der Waals surface area contributed by atoms with Crippen LogP contribution in [0.15, 0.2) is 29.2 Å². The number of fused-ring (bicyclic) bond motifs is 2. The number of nitrogens with zero attached hydrogens (tertiary/aromatic N) is 2. The SMILES string of the molecule is O=S(=O)(c1ccc(Cl)cc1)N1CCN(C2CC3CCC2C3)CC1. The largest absolute Gasteiger partial charge is 0.297 e. The summed E-state index contributed by atoms with van der Waals surface area (Å²) in [5, 5.41) is 0.560. The van der Waals surface area contributed by atoms with Gasteiger partial charge in [-0.15, -0.1) is 0 Å². The molecule has 0 amide bonds. The van der Waals surface area contributed by atoms with Crippen LogP contribution in [0.5, 0.6) is 0 Å². The van der Waals surface area contributed by atoms with Crippen LogP contribution in [-0.4, -0.2) is 49.8 Å². The van der Waals surface area contributed by atoms with Gasteiger partial charge in [0, 0.05) is 37.2 Å². The number of sulfonamides is 1. The third-order valence-electron chi connectivity index (χ3n) is 5.89. The zero-order valence-electron chi connectivity index (χ0n) is 13.2. The molecule has 1 aromatic rings. The van der Waals surface area contributed by atoms with Gasteiger partial charge < -0.3 is 0 Å². The molecule has 0 spiro atoms. The molecule has 0 N–H and O–H groups in total. The normalized spacial score (nSPS) is 32.5. The molecule has 3 aliphatic rings. The molecular weight excluding hydrogens is 332 g/mol. The van der Waals surface area contributed by atoms with Crippen LogP contribution in [0.25, 0.3) is 0 Å². The van der Waals surface area contributed by atoms with E-state index < -0.39 is 10.0 Å². The highest BCUT2D eigenvalue weighted by atomic mass is 35.5. The fraction of sp³-hybridized carbons (Fsp3) is 0.647. The summed E-state index contributed by atoms with van der Waals surface area (Å²) in [4.78, 5) is 2.88. The first-order chi connectivity index (χ1) is 11.0. The van der Waals surface area contributed by atoms with E-state index in [1.807, 2.05) is 0 Å². The minimum absolute atomic E-state index is 0.343. The van der Waals surface area contributed by atoms with E-state index >= 15 is 0 Å². The summed E-state index contributed by atoms with van der Waals surface area (Å²) >= 11 is 5.86. The first kappa shape index (κ1) is 15.9. The molecule has 6 heteroatoms. The van der Waals surface area contributed by atoms with Crippen molar-refractivity contribution in [3.8, 4) is 0 Å². The summed E-state index contributed by atoms with van der Waals surface area (Å²) in [6, 6.07) is 7.17. The third-order valence-corrected chi connectivity index (χ3v) is 8.06. The Morgan fingerprint density at radius 2 is 1.65 bits per heavy atom. The van der Waals surface area contributed by atoms with Crippen LogP contribution in [0.3, 0.4) is 0 Å². The van der Waals surface area contributed by atoms with Crippen molar-refractivity contribution in [1.82, 2.24) is 9.21 Å². The van der Waals surface area contributed by atoms with Crippen molar-refractivity contribution in [2.75, 3.05) is 26.2 Å². The summed E-state index contributed by atoms with van der Waals surface area (Å²) in [5.41, 5.74) is 0. The van der Waals surface area contributed by atoms with Gasteiger partial charge in [-0.25, -0.2) is 8.42 Å². The molecule has 126 valence electrons. The Bertz CT molecular complexity index is 668. The lowest BCUT2D eigenvalue weighted by atomic mass is 9.93. The van der Waals surface area contributed by atoms with Crippen molar-refractivity contribution in [2.45, 2.75) is 36.6 Å². The maximum absolute atomic E-state index is 12.7. The fourth-order valence-corrected chi connectivity index (χ4v) is 6.24. The summed E-state index contributed by atoms with van der Waals surface area (Å²) in [6.07, 6.45) is 5.51. The standard InChI is InChI=1S/C17H23ClN2O2S/c18-15-3-5-16(6-4-15)23(21,22)20-9-7-19(8-10-20)17-12-13-1-2-14(17)11-13/h3-6,13-14,17H,1-2,7-12H2. The second-order valence-corrected chi connectivity index (χ2v) is 9.51. The molecule has 3 unspecified atom stereocenters. The Kier molecular flexibility index (Phi) is 4.16. The molecule has 2 aliphatic carbocycles. The molecule has 0 radical (unpaired) electrons. The van der Waals surface area contributed by atoms with Gasteiger partial charge in [0.05, 0.1) is 4.90 Å². The van der Waals surface area contributed by atoms with Crippen LogP contribution in [0.4, 0.5) is 0 Å². The van der Waals surface area contributed by atoms with Crippen LogP contribution in [0.1, 0.15) is 25.7 Å². The first-order valence-electron chi connectivity index (χ1n) is 8.54. The van der Waals surface area contributed by atoms with Gasteiger partial charge in [-0.05, 0) is 55.4 Å². The van der Waals surface area contributed by atoms with Crippen molar-refractivity contribution >= 4 is 21.6 Å². The molecule has 1 aromatic carbocycles. The Labute approximate surface area is 143 Å². The van der Waals surface area contributed by atoms with Crippen molar-refractivity contribution in [3.05, 3.63) is 29.3 Å². The Hall–Kier alpha value is -0.620. The van der Waals surface area contributed by atoms with Crippen LogP contribution in [-0.2, 0) is 10.0 Å². The minimum Gasteiger partial charge on any atom is -0.297 e. The molecule has 23 heavy (non-hydrogen) atoms. The number of piperazine rings is 1. The molecule has 4 nitrogen and oxygen atoms in total. The summed E-state index contributed by atoms with van der Waals surface area (Å²) < 4.78 is 27.1. The molecular formula is C17H23ClN2O2S. The number of halogens is 1. The van der Waals surface area contributed by atoms with E-state index in [2.05, 4.69) is 4.90 Å². The average Bonchev–Trinajstić information content (AvgIpc) is 3.18. The highest BCUT2D eigenvalue weighted by molar-refractivity contribution is 7.89. The molecule has 1 aliphatic heterocycles. The predicted molar refractivity (Wildman–Crippen MR) is 91.0 cm³/mol. The second-order valence-electron chi connectivity index (χ2n) is 7.14. The van der Waals surface area contributed by atoms with Crippen molar-refractivity contribution < 1.29 is 8.42 Å². The number of benzene rings is 1. The average molecular weight is 355 g/mol. The lowest BCUT2D eigenvalue weighted by Crippen LogP contribution is -2.53. The van der Waals surface area contributed by atoms with E-state index in [0.717, 1.165) is 24.9 Å². The zero-order valence-corrected chi connectivity index (χ0v) is 14.8. The van der Waals surface area contributed by atoms with E-state index in [4.69, 9.17) is 11.6 Å². The molecule has 1 saturated heterocycles. The van der Waals surface area contributed by atoms with E-state index in [1.165, 1.54) is 25.7 Å². The quantitative estimate of drug-likeness (QED) is 0.838. The van der Waals surface area contributed by atoms with Gasteiger partial charge in [-0.1, -0.05) is 18.0 Å². The number of rotatable bonds is 3. The van der Waals surface area contributed by atoms with Crippen LogP contribution < -0.4 is 0 Å². The smallest absolute Gasteiger partial charge is 0.243 e. The highest BCUT2D eigenvalue weighted by Crippen LogP contribution is 2.46. The molecule has 4 rings (SSSR count). The molecule has 2 saturated carbocycles. The van der Waals surface area contributed by atoms with Crippen LogP contribution in [0.2, 0.25) is 5.02 Å². The van der Waals surface area contributed by atoms with Gasteiger partial charge in [-0.3, -0.25) is 4.90 Å². The number of hydrogen-bond donors (Lipinski definition) is 0. The lowest BCUT2D eigenvalue weighted by molar-refractivity contribution is 0.101. The van der Waals surface area contributed by atoms with Gasteiger partial charge in [-0.2, -0.15) is 4.31 Å². The molecule has 1 heterocycles. The van der Waals surface area contributed by atoms with Crippen LogP contribution >= 0.6 is 11.6 Å². The highest BCUT2D eigenvalue weighted by Gasteiger charge is 2.43. The topological polar surface area (TPSA) is 40.6 Å². The van der Waals surface area contributed by atoms with Crippen molar-refractivity contribution in [1.29, 1.82) is 0 Å². The Balaban J connectivity index is 1.42. The second kappa shape index (κ2) is 6.03. The predicted octanol–water partition coefficient (Wildman–Crippen LogP) is 2.83. The number of hydrogen-bond acceptors (Lipinski definition) is 3. The van der Waals surface area contributed by atoms with Gasteiger partial charge in [0.25, 0.3) is 0 Å². The summed E-state index contributed by atoms with van der Waals surface area (Å²) in [5.74, 6) is 1.79. The summed E-state index contributed by atoms with van der Waals surface area (Å²) in [7, 11) is -3.39. The van der Waals surface area contributed by atoms with Crippen LogP contribution in [0, 0.1) is 11.8 Å². The van der Waals surface area contributed by atoms with Crippen molar-refractivity contribution in [3.63, 3.8) is 0 Å².